The van der Waals surface area contributed by atoms with E-state index in [2.05, 4.69) is 15.4 Å². The zero-order valence-corrected chi connectivity index (χ0v) is 14.2. The predicted molar refractivity (Wildman–Crippen MR) is 89.1 cm³/mol. The van der Waals surface area contributed by atoms with E-state index in [0.29, 0.717) is 23.4 Å². The molecule has 2 aliphatic heterocycles. The second kappa shape index (κ2) is 6.66. The third-order valence-electron chi connectivity index (χ3n) is 4.67. The minimum absolute atomic E-state index is 0.0215. The van der Waals surface area contributed by atoms with Crippen molar-refractivity contribution < 1.29 is 14.4 Å². The zero-order chi connectivity index (χ0) is 18.1. The second-order valence-electron chi connectivity index (χ2n) is 6.38. The van der Waals surface area contributed by atoms with Gasteiger partial charge < -0.3 is 4.90 Å². The highest BCUT2D eigenvalue weighted by atomic mass is 16.2. The zero-order valence-electron chi connectivity index (χ0n) is 14.2. The summed E-state index contributed by atoms with van der Waals surface area (Å²) in [5, 5.41) is 12.0. The molecule has 9 nitrogen and oxygen atoms in total. The van der Waals surface area contributed by atoms with Crippen LogP contribution in [0.3, 0.4) is 0 Å². The van der Waals surface area contributed by atoms with Crippen molar-refractivity contribution in [3.63, 3.8) is 0 Å². The molecule has 3 heterocycles. The fourth-order valence-electron chi connectivity index (χ4n) is 3.29. The number of hydrogen-bond acceptors (Lipinski definition) is 6. The molecule has 1 saturated heterocycles. The van der Waals surface area contributed by atoms with Crippen LogP contribution in [0.25, 0.3) is 0 Å². The Morgan fingerprint density at radius 2 is 1.69 bits per heavy atom. The normalized spacial score (nSPS) is 16.5. The quantitative estimate of drug-likeness (QED) is 0.708. The first-order valence-electron chi connectivity index (χ1n) is 8.63. The molecule has 0 saturated carbocycles. The molecule has 2 aliphatic rings. The van der Waals surface area contributed by atoms with Gasteiger partial charge in [-0.2, -0.15) is 4.80 Å². The number of carbonyl (C=O) groups is 3. The lowest BCUT2D eigenvalue weighted by Gasteiger charge is -2.13. The van der Waals surface area contributed by atoms with Gasteiger partial charge in [0.25, 0.3) is 11.8 Å². The van der Waals surface area contributed by atoms with Gasteiger partial charge in [0.2, 0.25) is 5.91 Å². The standard InChI is InChI=1S/C17H18N6O3/c24-15(21-8-3-4-9-21)11-23-19-14(18-20-23)7-10-22-16(25)12-5-1-2-6-13(12)17(22)26/h1-2,5-6H,3-4,7-11H2. The minimum Gasteiger partial charge on any atom is -0.341 e. The molecule has 0 aliphatic carbocycles. The van der Waals surface area contributed by atoms with Crippen molar-refractivity contribution in [2.45, 2.75) is 25.8 Å². The Morgan fingerprint density at radius 1 is 1.04 bits per heavy atom. The summed E-state index contributed by atoms with van der Waals surface area (Å²) in [7, 11) is 0. The molecule has 0 bridgehead atoms. The highest BCUT2D eigenvalue weighted by Gasteiger charge is 2.34. The first-order valence-corrected chi connectivity index (χ1v) is 8.63. The van der Waals surface area contributed by atoms with Crippen LogP contribution >= 0.6 is 0 Å². The van der Waals surface area contributed by atoms with E-state index in [1.807, 2.05) is 0 Å². The Morgan fingerprint density at radius 3 is 2.35 bits per heavy atom. The monoisotopic (exact) mass is 354 g/mol. The first kappa shape index (κ1) is 16.4. The number of carbonyl (C=O) groups excluding carboxylic acids is 3. The number of aromatic nitrogens is 4. The average molecular weight is 354 g/mol. The molecular weight excluding hydrogens is 336 g/mol. The maximum absolute atomic E-state index is 12.3. The molecule has 0 unspecified atom stereocenters. The maximum atomic E-state index is 12.3. The summed E-state index contributed by atoms with van der Waals surface area (Å²) in [6.45, 7) is 1.79. The highest BCUT2D eigenvalue weighted by molar-refractivity contribution is 6.21. The Bertz CT molecular complexity index is 836. The summed E-state index contributed by atoms with van der Waals surface area (Å²) in [6.07, 6.45) is 2.35. The molecule has 1 aromatic carbocycles. The summed E-state index contributed by atoms with van der Waals surface area (Å²) in [6, 6.07) is 6.76. The van der Waals surface area contributed by atoms with Crippen LogP contribution in [0.2, 0.25) is 0 Å². The average Bonchev–Trinajstić information content (AvgIpc) is 3.37. The number of likely N-dealkylation sites (tertiary alicyclic amines) is 1. The van der Waals surface area contributed by atoms with Crippen LogP contribution in [0.15, 0.2) is 24.3 Å². The number of rotatable bonds is 5. The van der Waals surface area contributed by atoms with Gasteiger partial charge in [-0.15, -0.1) is 10.2 Å². The number of benzene rings is 1. The van der Waals surface area contributed by atoms with Gasteiger partial charge in [-0.05, 0) is 30.2 Å². The Hall–Kier alpha value is -3.10. The molecule has 0 spiro atoms. The summed E-state index contributed by atoms with van der Waals surface area (Å²) >= 11 is 0. The summed E-state index contributed by atoms with van der Waals surface area (Å²) in [4.78, 5) is 41.0. The van der Waals surface area contributed by atoms with Crippen LogP contribution in [0, 0.1) is 0 Å². The van der Waals surface area contributed by atoms with Crippen LogP contribution < -0.4 is 0 Å². The van der Waals surface area contributed by atoms with Crippen LogP contribution in [-0.2, 0) is 17.8 Å². The van der Waals surface area contributed by atoms with Gasteiger partial charge in [0.15, 0.2) is 5.82 Å². The minimum atomic E-state index is -0.304. The van der Waals surface area contributed by atoms with Crippen molar-refractivity contribution in [2.75, 3.05) is 19.6 Å². The number of amides is 3. The molecule has 9 heteroatoms. The molecule has 26 heavy (non-hydrogen) atoms. The van der Waals surface area contributed by atoms with Crippen molar-refractivity contribution in [1.29, 1.82) is 0 Å². The van der Waals surface area contributed by atoms with Crippen LogP contribution in [0.1, 0.15) is 39.4 Å². The Labute approximate surface area is 149 Å². The fourth-order valence-corrected chi connectivity index (χ4v) is 3.29. The van der Waals surface area contributed by atoms with E-state index in [-0.39, 0.29) is 30.8 Å². The van der Waals surface area contributed by atoms with Crippen molar-refractivity contribution in [2.24, 2.45) is 0 Å². The van der Waals surface area contributed by atoms with Crippen molar-refractivity contribution in [3.8, 4) is 0 Å². The van der Waals surface area contributed by atoms with E-state index in [1.54, 1.807) is 29.2 Å². The van der Waals surface area contributed by atoms with Crippen LogP contribution in [-0.4, -0.2) is 67.4 Å². The molecule has 1 aromatic heterocycles. The van der Waals surface area contributed by atoms with Gasteiger partial charge in [0.1, 0.15) is 6.54 Å². The van der Waals surface area contributed by atoms with E-state index in [9.17, 15) is 14.4 Å². The molecule has 0 N–H and O–H groups in total. The topological polar surface area (TPSA) is 101 Å². The predicted octanol–water partition coefficient (Wildman–Crippen LogP) is 0.134. The third kappa shape index (κ3) is 2.96. The summed E-state index contributed by atoms with van der Waals surface area (Å²) in [5.74, 6) is -0.230. The van der Waals surface area contributed by atoms with Crippen LogP contribution in [0.4, 0.5) is 0 Å². The smallest absolute Gasteiger partial charge is 0.261 e. The Balaban J connectivity index is 1.36. The van der Waals surface area contributed by atoms with E-state index in [0.717, 1.165) is 25.9 Å². The van der Waals surface area contributed by atoms with E-state index in [1.165, 1.54) is 9.70 Å². The van der Waals surface area contributed by atoms with Crippen molar-refractivity contribution in [3.05, 3.63) is 41.2 Å². The molecule has 0 radical (unpaired) electrons. The summed E-state index contributed by atoms with van der Waals surface area (Å²) < 4.78 is 0. The number of fused-ring (bicyclic) bond motifs is 1. The third-order valence-corrected chi connectivity index (χ3v) is 4.67. The lowest BCUT2D eigenvalue weighted by Crippen LogP contribution is -2.32. The molecule has 3 amide bonds. The molecule has 0 atom stereocenters. The number of nitrogens with zero attached hydrogens (tertiary/aromatic N) is 6. The second-order valence-corrected chi connectivity index (χ2v) is 6.38. The molecule has 4 rings (SSSR count). The van der Waals surface area contributed by atoms with Gasteiger partial charge in [-0.1, -0.05) is 12.1 Å². The van der Waals surface area contributed by atoms with Gasteiger partial charge in [-0.3, -0.25) is 19.3 Å². The lowest BCUT2D eigenvalue weighted by atomic mass is 10.1. The van der Waals surface area contributed by atoms with Crippen LogP contribution in [0.5, 0.6) is 0 Å². The number of hydrogen-bond donors (Lipinski definition) is 0. The van der Waals surface area contributed by atoms with Gasteiger partial charge in [0.05, 0.1) is 11.1 Å². The number of imide groups is 1. The van der Waals surface area contributed by atoms with Gasteiger partial charge in [0, 0.05) is 26.1 Å². The van der Waals surface area contributed by atoms with E-state index < -0.39 is 0 Å². The maximum Gasteiger partial charge on any atom is 0.261 e. The van der Waals surface area contributed by atoms with Crippen molar-refractivity contribution >= 4 is 17.7 Å². The fraction of sp³-hybridized carbons (Fsp3) is 0.412. The molecule has 1 fully saturated rings. The Kier molecular flexibility index (Phi) is 4.19. The molecule has 134 valence electrons. The van der Waals surface area contributed by atoms with E-state index in [4.69, 9.17) is 0 Å². The summed E-state index contributed by atoms with van der Waals surface area (Å²) in [5.41, 5.74) is 0.843. The van der Waals surface area contributed by atoms with Gasteiger partial charge >= 0.3 is 0 Å². The first-order chi connectivity index (χ1) is 12.6. The van der Waals surface area contributed by atoms with Crippen molar-refractivity contribution in [1.82, 2.24) is 30.0 Å². The van der Waals surface area contributed by atoms with Gasteiger partial charge in [-0.25, -0.2) is 0 Å². The molecular formula is C17H18N6O3. The molecule has 2 aromatic rings. The van der Waals surface area contributed by atoms with E-state index >= 15 is 0 Å². The largest absolute Gasteiger partial charge is 0.341 e. The number of tetrazole rings is 1. The SMILES string of the molecule is O=C(Cn1nnc(CCN2C(=O)c3ccccc3C2=O)n1)N1CCCC1. The highest BCUT2D eigenvalue weighted by Crippen LogP contribution is 2.22. The lowest BCUT2D eigenvalue weighted by molar-refractivity contribution is -0.131.